The second kappa shape index (κ2) is 4.83. The summed E-state index contributed by atoms with van der Waals surface area (Å²) >= 11 is 0. The van der Waals surface area contributed by atoms with Crippen molar-refractivity contribution in [2.75, 3.05) is 13.1 Å². The topological polar surface area (TPSA) is 12.5 Å². The molecule has 1 fully saturated rings. The van der Waals surface area contributed by atoms with E-state index < -0.39 is 0 Å². The molecule has 3 heteroatoms. The summed E-state index contributed by atoms with van der Waals surface area (Å²) in [6, 6.07) is 7.18. The van der Waals surface area contributed by atoms with Crippen molar-refractivity contribution in [3.63, 3.8) is 0 Å². The number of para-hydroxylation sites is 1. The van der Waals surface area contributed by atoms with Crippen molar-refractivity contribution in [3.05, 3.63) is 30.1 Å². The van der Waals surface area contributed by atoms with Gasteiger partial charge >= 0.3 is 0 Å². The Labute approximate surface area is 96.0 Å². The number of hydrogen-bond donors (Lipinski definition) is 0. The molecule has 2 rings (SSSR count). The van der Waals surface area contributed by atoms with E-state index in [-0.39, 0.29) is 11.9 Å². The molecule has 0 aromatic heterocycles. The molecule has 0 amide bonds. The Morgan fingerprint density at radius 3 is 2.75 bits per heavy atom. The summed E-state index contributed by atoms with van der Waals surface area (Å²) < 4.78 is 18.9. The van der Waals surface area contributed by atoms with Gasteiger partial charge in [0.1, 0.15) is 6.10 Å². The van der Waals surface area contributed by atoms with E-state index in [1.807, 2.05) is 0 Å². The molecule has 2 nitrogen and oxygen atoms in total. The monoisotopic (exact) mass is 223 g/mol. The van der Waals surface area contributed by atoms with Gasteiger partial charge in [0.05, 0.1) is 0 Å². The maximum Gasteiger partial charge on any atom is 0.165 e. The number of ether oxygens (including phenoxy) is 1. The second-order valence-corrected chi connectivity index (χ2v) is 4.38. The Kier molecular flexibility index (Phi) is 3.44. The number of benzene rings is 1. The van der Waals surface area contributed by atoms with Crippen molar-refractivity contribution in [1.82, 2.24) is 4.90 Å². The van der Waals surface area contributed by atoms with Crippen molar-refractivity contribution >= 4 is 0 Å². The van der Waals surface area contributed by atoms with Crippen molar-refractivity contribution in [1.29, 1.82) is 0 Å². The zero-order valence-electron chi connectivity index (χ0n) is 9.82. The number of hydrogen-bond acceptors (Lipinski definition) is 2. The van der Waals surface area contributed by atoms with Gasteiger partial charge in [-0.2, -0.15) is 0 Å². The molecular weight excluding hydrogens is 205 g/mol. The Morgan fingerprint density at radius 1 is 1.44 bits per heavy atom. The van der Waals surface area contributed by atoms with Gasteiger partial charge in [-0.3, -0.25) is 4.90 Å². The summed E-state index contributed by atoms with van der Waals surface area (Å²) in [4.78, 5) is 2.35. The van der Waals surface area contributed by atoms with Gasteiger partial charge in [0.2, 0.25) is 0 Å². The maximum atomic E-state index is 13.3. The lowest BCUT2D eigenvalue weighted by atomic mass is 10.1. The highest BCUT2D eigenvalue weighted by Crippen LogP contribution is 2.22. The molecule has 0 bridgehead atoms. The van der Waals surface area contributed by atoms with E-state index in [0.717, 1.165) is 19.5 Å². The minimum atomic E-state index is -0.274. The molecule has 0 aliphatic carbocycles. The van der Waals surface area contributed by atoms with Crippen LogP contribution in [0.1, 0.15) is 20.3 Å². The van der Waals surface area contributed by atoms with E-state index in [1.165, 1.54) is 6.07 Å². The number of halogens is 1. The van der Waals surface area contributed by atoms with Crippen LogP contribution in [0, 0.1) is 5.82 Å². The van der Waals surface area contributed by atoms with Gasteiger partial charge in [0.15, 0.2) is 11.6 Å². The molecule has 1 aromatic rings. The van der Waals surface area contributed by atoms with Crippen LogP contribution < -0.4 is 4.74 Å². The van der Waals surface area contributed by atoms with Crippen molar-refractivity contribution in [2.24, 2.45) is 0 Å². The number of rotatable bonds is 4. The first-order valence-electron chi connectivity index (χ1n) is 5.86. The van der Waals surface area contributed by atoms with E-state index in [0.29, 0.717) is 11.8 Å². The first-order valence-corrected chi connectivity index (χ1v) is 5.86. The first-order chi connectivity index (χ1) is 7.70. The molecule has 1 atom stereocenters. The Balaban J connectivity index is 1.84. The first kappa shape index (κ1) is 11.4. The number of nitrogens with zero attached hydrogens (tertiary/aromatic N) is 1. The molecule has 1 saturated heterocycles. The van der Waals surface area contributed by atoms with Gasteiger partial charge in [-0.25, -0.2) is 4.39 Å². The van der Waals surface area contributed by atoms with Gasteiger partial charge in [-0.05, 0) is 25.5 Å². The fourth-order valence-corrected chi connectivity index (χ4v) is 1.88. The van der Waals surface area contributed by atoms with Gasteiger partial charge in [0, 0.05) is 19.1 Å². The summed E-state index contributed by atoms with van der Waals surface area (Å²) in [5, 5.41) is 0. The summed E-state index contributed by atoms with van der Waals surface area (Å²) in [7, 11) is 0. The molecule has 0 spiro atoms. The van der Waals surface area contributed by atoms with Gasteiger partial charge in [-0.1, -0.05) is 19.1 Å². The lowest BCUT2D eigenvalue weighted by Crippen LogP contribution is -2.56. The van der Waals surface area contributed by atoms with Crippen LogP contribution in [0.2, 0.25) is 0 Å². The van der Waals surface area contributed by atoms with Crippen LogP contribution in [0.25, 0.3) is 0 Å². The minimum Gasteiger partial charge on any atom is -0.485 e. The molecule has 1 heterocycles. The van der Waals surface area contributed by atoms with Crippen LogP contribution in [0.5, 0.6) is 5.75 Å². The van der Waals surface area contributed by atoms with E-state index >= 15 is 0 Å². The summed E-state index contributed by atoms with van der Waals surface area (Å²) in [6.45, 7) is 6.20. The zero-order valence-corrected chi connectivity index (χ0v) is 9.82. The SMILES string of the molecule is CCC(C)N1CC(Oc2ccccc2F)C1. The van der Waals surface area contributed by atoms with Crippen LogP contribution >= 0.6 is 0 Å². The quantitative estimate of drug-likeness (QED) is 0.778. The fourth-order valence-electron chi connectivity index (χ4n) is 1.88. The molecule has 0 radical (unpaired) electrons. The van der Waals surface area contributed by atoms with Crippen molar-refractivity contribution < 1.29 is 9.13 Å². The highest BCUT2D eigenvalue weighted by Gasteiger charge is 2.31. The van der Waals surface area contributed by atoms with Crippen molar-refractivity contribution in [2.45, 2.75) is 32.4 Å². The summed E-state index contributed by atoms with van der Waals surface area (Å²) in [6.07, 6.45) is 1.29. The van der Waals surface area contributed by atoms with Crippen LogP contribution in [0.3, 0.4) is 0 Å². The van der Waals surface area contributed by atoms with Crippen LogP contribution in [0.15, 0.2) is 24.3 Å². The van der Waals surface area contributed by atoms with Crippen LogP contribution in [0.4, 0.5) is 4.39 Å². The van der Waals surface area contributed by atoms with E-state index in [2.05, 4.69) is 18.7 Å². The average Bonchev–Trinajstić information content (AvgIpc) is 2.24. The largest absolute Gasteiger partial charge is 0.485 e. The molecule has 1 aromatic carbocycles. The molecule has 0 saturated carbocycles. The lowest BCUT2D eigenvalue weighted by Gasteiger charge is -2.42. The van der Waals surface area contributed by atoms with Crippen molar-refractivity contribution in [3.8, 4) is 5.75 Å². The predicted octanol–water partition coefficient (Wildman–Crippen LogP) is 2.69. The molecule has 16 heavy (non-hydrogen) atoms. The molecule has 88 valence electrons. The van der Waals surface area contributed by atoms with E-state index in [9.17, 15) is 4.39 Å². The summed E-state index contributed by atoms with van der Waals surface area (Å²) in [5.41, 5.74) is 0. The van der Waals surface area contributed by atoms with Gasteiger partial charge < -0.3 is 4.74 Å². The smallest absolute Gasteiger partial charge is 0.165 e. The third kappa shape index (κ3) is 2.35. The standard InChI is InChI=1S/C13H18FNO/c1-3-10(2)15-8-11(9-15)16-13-7-5-4-6-12(13)14/h4-7,10-11H,3,8-9H2,1-2H3. The minimum absolute atomic E-state index is 0.144. The predicted molar refractivity (Wildman–Crippen MR) is 62.1 cm³/mol. The molecule has 1 aliphatic heterocycles. The molecular formula is C13H18FNO. The van der Waals surface area contributed by atoms with E-state index in [1.54, 1.807) is 18.2 Å². The Bertz CT molecular complexity index is 350. The van der Waals surface area contributed by atoms with Crippen LogP contribution in [-0.4, -0.2) is 30.1 Å². The summed E-state index contributed by atoms with van der Waals surface area (Å²) in [5.74, 6) is 0.0980. The highest BCUT2D eigenvalue weighted by molar-refractivity contribution is 5.24. The lowest BCUT2D eigenvalue weighted by molar-refractivity contribution is -0.00715. The second-order valence-electron chi connectivity index (χ2n) is 4.38. The van der Waals surface area contributed by atoms with Gasteiger partial charge in [-0.15, -0.1) is 0 Å². The molecule has 1 aliphatic rings. The zero-order chi connectivity index (χ0) is 11.5. The normalized spacial score (nSPS) is 19.2. The average molecular weight is 223 g/mol. The van der Waals surface area contributed by atoms with Crippen LogP contribution in [-0.2, 0) is 0 Å². The third-order valence-corrected chi connectivity index (χ3v) is 3.22. The third-order valence-electron chi connectivity index (χ3n) is 3.22. The molecule has 1 unspecified atom stereocenters. The van der Waals surface area contributed by atoms with Gasteiger partial charge in [0.25, 0.3) is 0 Å². The molecule has 0 N–H and O–H groups in total. The highest BCUT2D eigenvalue weighted by atomic mass is 19.1. The fraction of sp³-hybridized carbons (Fsp3) is 0.538. The Morgan fingerprint density at radius 2 is 2.12 bits per heavy atom. The van der Waals surface area contributed by atoms with E-state index in [4.69, 9.17) is 4.74 Å². The maximum absolute atomic E-state index is 13.3. The number of likely N-dealkylation sites (tertiary alicyclic amines) is 1. The Hall–Kier alpha value is -1.09.